The molecule has 0 aliphatic carbocycles. The largest absolute Gasteiger partial charge is 0.497 e. The van der Waals surface area contributed by atoms with Crippen molar-refractivity contribution in [3.63, 3.8) is 0 Å². The first-order valence-corrected chi connectivity index (χ1v) is 12.9. The molecule has 1 N–H and O–H groups in total. The highest BCUT2D eigenvalue weighted by Crippen LogP contribution is 2.29. The van der Waals surface area contributed by atoms with Crippen LogP contribution in [-0.4, -0.2) is 50.4 Å². The highest BCUT2D eigenvalue weighted by atomic mass is 32.2. The van der Waals surface area contributed by atoms with E-state index in [0.29, 0.717) is 30.2 Å². The van der Waals surface area contributed by atoms with Crippen LogP contribution in [0.15, 0.2) is 78.9 Å². The van der Waals surface area contributed by atoms with Crippen molar-refractivity contribution < 1.29 is 22.7 Å². The number of nitrogens with zero attached hydrogens (tertiary/aromatic N) is 1. The molecule has 0 saturated carbocycles. The van der Waals surface area contributed by atoms with Gasteiger partial charge >= 0.3 is 0 Å². The summed E-state index contributed by atoms with van der Waals surface area (Å²) in [6.07, 6.45) is 0.513. The number of carbonyl (C=O) groups is 1. The van der Waals surface area contributed by atoms with Gasteiger partial charge in [-0.15, -0.1) is 0 Å². The number of ether oxygens (including phenoxy) is 2. The molecule has 0 radical (unpaired) electrons. The summed E-state index contributed by atoms with van der Waals surface area (Å²) in [5.74, 6) is 1.91. The first-order chi connectivity index (χ1) is 16.4. The van der Waals surface area contributed by atoms with Gasteiger partial charge in [0.05, 0.1) is 30.8 Å². The van der Waals surface area contributed by atoms with Gasteiger partial charge in [0.2, 0.25) is 5.91 Å². The molecule has 1 amide bonds. The summed E-state index contributed by atoms with van der Waals surface area (Å²) in [5.41, 5.74) is 1.53. The maximum absolute atomic E-state index is 13.1. The predicted octanol–water partition coefficient (Wildman–Crippen LogP) is 4.12. The Hall–Kier alpha value is -3.36. The average molecular weight is 481 g/mol. The van der Waals surface area contributed by atoms with E-state index >= 15 is 0 Å². The van der Waals surface area contributed by atoms with Crippen LogP contribution in [0.5, 0.6) is 17.2 Å². The minimum Gasteiger partial charge on any atom is -0.497 e. The molecule has 1 heterocycles. The molecule has 1 atom stereocenters. The van der Waals surface area contributed by atoms with Crippen LogP contribution in [0.4, 0.5) is 5.69 Å². The number of anilines is 1. The number of benzene rings is 3. The zero-order valence-corrected chi connectivity index (χ0v) is 19.8. The second-order valence-electron chi connectivity index (χ2n) is 8.27. The molecule has 1 aliphatic heterocycles. The fraction of sp³-hybridized carbons (Fsp3) is 0.269. The second kappa shape index (κ2) is 10.7. The van der Waals surface area contributed by atoms with Crippen LogP contribution in [0.25, 0.3) is 0 Å². The van der Waals surface area contributed by atoms with E-state index in [9.17, 15) is 13.2 Å². The van der Waals surface area contributed by atoms with Crippen molar-refractivity contribution in [1.29, 1.82) is 0 Å². The Balaban J connectivity index is 1.48. The number of carbonyl (C=O) groups excluding carboxylic acids is 1. The fourth-order valence-electron chi connectivity index (χ4n) is 3.99. The van der Waals surface area contributed by atoms with Crippen molar-refractivity contribution in [3.05, 3.63) is 84.4 Å². The third-order valence-electron chi connectivity index (χ3n) is 5.75. The van der Waals surface area contributed by atoms with Gasteiger partial charge in [-0.2, -0.15) is 0 Å². The molecule has 1 fully saturated rings. The monoisotopic (exact) mass is 480 g/mol. The molecule has 8 heteroatoms. The maximum Gasteiger partial charge on any atom is 0.238 e. The molecule has 4 rings (SSSR count). The molecular formula is C26H28N2O5S. The Morgan fingerprint density at radius 1 is 0.971 bits per heavy atom. The molecular weight excluding hydrogens is 452 g/mol. The summed E-state index contributed by atoms with van der Waals surface area (Å²) >= 11 is 0. The second-order valence-corrected chi connectivity index (χ2v) is 10.5. The van der Waals surface area contributed by atoms with E-state index in [4.69, 9.17) is 9.47 Å². The highest BCUT2D eigenvalue weighted by molar-refractivity contribution is 7.91. The van der Waals surface area contributed by atoms with Gasteiger partial charge in [0.1, 0.15) is 11.5 Å². The lowest BCUT2D eigenvalue weighted by atomic mass is 10.1. The lowest BCUT2D eigenvalue weighted by molar-refractivity contribution is -0.117. The summed E-state index contributed by atoms with van der Waals surface area (Å²) < 4.78 is 35.4. The first-order valence-electron chi connectivity index (χ1n) is 11.1. The van der Waals surface area contributed by atoms with Crippen LogP contribution < -0.4 is 14.8 Å². The van der Waals surface area contributed by atoms with Crippen LogP contribution in [0.3, 0.4) is 0 Å². The van der Waals surface area contributed by atoms with Gasteiger partial charge in [-0.1, -0.05) is 42.5 Å². The van der Waals surface area contributed by atoms with Gasteiger partial charge in [0.25, 0.3) is 0 Å². The number of para-hydroxylation sites is 3. The molecule has 3 aromatic carbocycles. The lowest BCUT2D eigenvalue weighted by Gasteiger charge is -2.27. The molecule has 7 nitrogen and oxygen atoms in total. The van der Waals surface area contributed by atoms with Gasteiger partial charge in [0.15, 0.2) is 15.6 Å². The van der Waals surface area contributed by atoms with Crippen molar-refractivity contribution in [2.24, 2.45) is 0 Å². The summed E-state index contributed by atoms with van der Waals surface area (Å²) in [6.45, 7) is 0.519. The lowest BCUT2D eigenvalue weighted by Crippen LogP contribution is -2.41. The Labute approximate surface area is 200 Å². The molecule has 178 valence electrons. The number of methoxy groups -OCH3 is 1. The molecule has 34 heavy (non-hydrogen) atoms. The zero-order chi connectivity index (χ0) is 24.0. The van der Waals surface area contributed by atoms with Gasteiger partial charge in [0, 0.05) is 12.6 Å². The van der Waals surface area contributed by atoms with Gasteiger partial charge in [-0.25, -0.2) is 8.42 Å². The van der Waals surface area contributed by atoms with E-state index in [-0.39, 0.29) is 30.0 Å². The van der Waals surface area contributed by atoms with Gasteiger partial charge < -0.3 is 14.8 Å². The molecule has 1 saturated heterocycles. The Bertz CT molecular complexity index is 1210. The standard InChI is InChI=1S/C26H28N2O5S/c1-32-22-13-11-20(12-14-22)17-28(21-15-16-34(30,31)19-21)18-26(29)27-24-9-5-6-10-25(24)33-23-7-3-2-4-8-23/h2-14,21H,15-19H2,1H3,(H,27,29). The van der Waals surface area contributed by atoms with Crippen LogP contribution in [0.2, 0.25) is 0 Å². The summed E-state index contributed by atoms with van der Waals surface area (Å²) in [6, 6.07) is 23.9. The summed E-state index contributed by atoms with van der Waals surface area (Å²) in [7, 11) is -1.49. The highest BCUT2D eigenvalue weighted by Gasteiger charge is 2.33. The molecule has 3 aromatic rings. The molecule has 0 spiro atoms. The fourth-order valence-corrected chi connectivity index (χ4v) is 5.75. The van der Waals surface area contributed by atoms with Crippen molar-refractivity contribution >= 4 is 21.4 Å². The van der Waals surface area contributed by atoms with E-state index in [1.165, 1.54) is 0 Å². The van der Waals surface area contributed by atoms with Gasteiger partial charge in [-0.05, 0) is 48.4 Å². The minimum absolute atomic E-state index is 0.0597. The Morgan fingerprint density at radius 3 is 2.35 bits per heavy atom. The van der Waals surface area contributed by atoms with Crippen molar-refractivity contribution in [2.75, 3.05) is 30.5 Å². The van der Waals surface area contributed by atoms with Gasteiger partial charge in [-0.3, -0.25) is 9.69 Å². The Morgan fingerprint density at radius 2 is 1.68 bits per heavy atom. The number of hydrogen-bond acceptors (Lipinski definition) is 6. The Kier molecular flexibility index (Phi) is 7.49. The van der Waals surface area contributed by atoms with E-state index in [1.54, 1.807) is 19.2 Å². The van der Waals surface area contributed by atoms with E-state index in [1.807, 2.05) is 71.6 Å². The van der Waals surface area contributed by atoms with Crippen LogP contribution in [0.1, 0.15) is 12.0 Å². The number of hydrogen-bond donors (Lipinski definition) is 1. The third-order valence-corrected chi connectivity index (χ3v) is 7.50. The molecule has 0 bridgehead atoms. The number of nitrogens with one attached hydrogen (secondary N) is 1. The SMILES string of the molecule is COc1ccc(CN(CC(=O)Nc2ccccc2Oc2ccccc2)C2CCS(=O)(=O)C2)cc1. The average Bonchev–Trinajstić information content (AvgIpc) is 3.20. The summed E-state index contributed by atoms with van der Waals surface area (Å²) in [4.78, 5) is 15.0. The summed E-state index contributed by atoms with van der Waals surface area (Å²) in [5, 5.41) is 2.93. The number of amides is 1. The number of rotatable bonds is 9. The molecule has 1 aliphatic rings. The van der Waals surface area contributed by atoms with E-state index < -0.39 is 9.84 Å². The van der Waals surface area contributed by atoms with Crippen LogP contribution in [0, 0.1) is 0 Å². The van der Waals surface area contributed by atoms with Crippen molar-refractivity contribution in [2.45, 2.75) is 19.0 Å². The first kappa shape index (κ1) is 23.8. The minimum atomic E-state index is -3.09. The third kappa shape index (κ3) is 6.36. The topological polar surface area (TPSA) is 84.9 Å². The zero-order valence-electron chi connectivity index (χ0n) is 19.0. The normalized spacial score (nSPS) is 16.8. The molecule has 0 aromatic heterocycles. The maximum atomic E-state index is 13.1. The van der Waals surface area contributed by atoms with Crippen molar-refractivity contribution in [3.8, 4) is 17.2 Å². The van der Waals surface area contributed by atoms with E-state index in [0.717, 1.165) is 11.3 Å². The smallest absolute Gasteiger partial charge is 0.238 e. The quantitative estimate of drug-likeness (QED) is 0.496. The van der Waals surface area contributed by atoms with Crippen LogP contribution >= 0.6 is 0 Å². The number of sulfone groups is 1. The van der Waals surface area contributed by atoms with Crippen LogP contribution in [-0.2, 0) is 21.2 Å². The van der Waals surface area contributed by atoms with E-state index in [2.05, 4.69) is 5.32 Å². The molecule has 1 unspecified atom stereocenters. The van der Waals surface area contributed by atoms with Crippen molar-refractivity contribution in [1.82, 2.24) is 4.90 Å². The predicted molar refractivity (Wildman–Crippen MR) is 132 cm³/mol.